The Labute approximate surface area is 132 Å². The molecule has 2 N–H and O–H groups in total. The van der Waals surface area contributed by atoms with Gasteiger partial charge in [0.15, 0.2) is 6.23 Å². The van der Waals surface area contributed by atoms with Gasteiger partial charge in [0.1, 0.15) is 18.3 Å². The SMILES string of the molecule is Cc1cc2ncn([C@@H]3O[C@@H]4COP(=O)(O)O[C@@H]4C3O)c2cc1C. The zero-order valence-corrected chi connectivity index (χ0v) is 13.5. The number of benzene rings is 1. The maximum Gasteiger partial charge on any atom is 0.472 e. The van der Waals surface area contributed by atoms with Crippen LogP contribution in [0, 0.1) is 13.8 Å². The molecule has 0 bridgehead atoms. The van der Waals surface area contributed by atoms with Crippen LogP contribution in [0.25, 0.3) is 11.0 Å². The highest BCUT2D eigenvalue weighted by Crippen LogP contribution is 2.52. The normalized spacial score (nSPS) is 37.2. The lowest BCUT2D eigenvalue weighted by Gasteiger charge is -2.27. The smallest absolute Gasteiger partial charge is 0.386 e. The topological polar surface area (TPSA) is 103 Å². The van der Waals surface area contributed by atoms with Gasteiger partial charge >= 0.3 is 7.82 Å². The number of phosphoric ester groups is 1. The number of fused-ring (bicyclic) bond motifs is 2. The number of aliphatic hydroxyl groups excluding tert-OH is 1. The second-order valence-electron chi connectivity index (χ2n) is 5.97. The molecule has 2 aliphatic heterocycles. The summed E-state index contributed by atoms with van der Waals surface area (Å²) in [6.45, 7) is 3.90. The summed E-state index contributed by atoms with van der Waals surface area (Å²) in [6.07, 6.45) is -1.77. The van der Waals surface area contributed by atoms with Crippen LogP contribution in [0.2, 0.25) is 0 Å². The number of ether oxygens (including phenoxy) is 1. The molecular formula is C14H17N2O6P. The first-order chi connectivity index (χ1) is 10.9. The Bertz CT molecular complexity index is 821. The Morgan fingerprint density at radius 1 is 1.35 bits per heavy atom. The van der Waals surface area contributed by atoms with Gasteiger partial charge in [0.2, 0.25) is 0 Å². The van der Waals surface area contributed by atoms with Gasteiger partial charge in [-0.1, -0.05) is 0 Å². The third-order valence-electron chi connectivity index (χ3n) is 4.43. The van der Waals surface area contributed by atoms with E-state index in [1.54, 1.807) is 10.9 Å². The molecule has 9 heteroatoms. The lowest BCUT2D eigenvalue weighted by molar-refractivity contribution is -0.0663. The molecule has 0 aliphatic carbocycles. The van der Waals surface area contributed by atoms with Crippen molar-refractivity contribution in [3.8, 4) is 0 Å². The van der Waals surface area contributed by atoms with Gasteiger partial charge in [0.25, 0.3) is 0 Å². The van der Waals surface area contributed by atoms with Gasteiger partial charge in [-0.3, -0.25) is 9.05 Å². The average Bonchev–Trinajstić information content (AvgIpc) is 3.01. The van der Waals surface area contributed by atoms with Crippen molar-refractivity contribution in [2.45, 2.75) is 38.4 Å². The highest BCUT2D eigenvalue weighted by atomic mass is 31.2. The van der Waals surface area contributed by atoms with E-state index < -0.39 is 32.4 Å². The predicted octanol–water partition coefficient (Wildman–Crippen LogP) is 1.43. The molecule has 2 saturated heterocycles. The van der Waals surface area contributed by atoms with Gasteiger partial charge in [0, 0.05) is 0 Å². The van der Waals surface area contributed by atoms with Crippen LogP contribution in [0.1, 0.15) is 17.4 Å². The third kappa shape index (κ3) is 2.42. The number of aryl methyl sites for hydroxylation is 2. The van der Waals surface area contributed by atoms with Crippen LogP contribution in [0.5, 0.6) is 0 Å². The molecule has 2 fully saturated rings. The molecule has 0 radical (unpaired) electrons. The molecule has 1 aromatic carbocycles. The molecule has 0 saturated carbocycles. The van der Waals surface area contributed by atoms with Gasteiger partial charge in [0.05, 0.1) is 24.0 Å². The summed E-state index contributed by atoms with van der Waals surface area (Å²) in [5, 5.41) is 10.5. The minimum Gasteiger partial charge on any atom is -0.386 e. The number of aromatic nitrogens is 2. The van der Waals surface area contributed by atoms with Crippen molar-refractivity contribution < 1.29 is 28.3 Å². The number of aliphatic hydroxyl groups is 1. The van der Waals surface area contributed by atoms with Gasteiger partial charge in [-0.15, -0.1) is 0 Å². The Balaban J connectivity index is 1.72. The van der Waals surface area contributed by atoms with E-state index in [4.69, 9.17) is 13.8 Å². The van der Waals surface area contributed by atoms with Gasteiger partial charge in [-0.25, -0.2) is 9.55 Å². The maximum absolute atomic E-state index is 11.5. The van der Waals surface area contributed by atoms with Crippen LogP contribution >= 0.6 is 7.82 Å². The monoisotopic (exact) mass is 340 g/mol. The first kappa shape index (κ1) is 15.3. The first-order valence-electron chi connectivity index (χ1n) is 7.29. The van der Waals surface area contributed by atoms with E-state index in [-0.39, 0.29) is 6.61 Å². The minimum absolute atomic E-state index is 0.100. The molecule has 0 amide bonds. The summed E-state index contributed by atoms with van der Waals surface area (Å²) in [4.78, 5) is 13.8. The Kier molecular flexibility index (Phi) is 3.39. The molecule has 2 aromatic rings. The van der Waals surface area contributed by atoms with Gasteiger partial charge < -0.3 is 19.3 Å². The minimum atomic E-state index is -4.12. The van der Waals surface area contributed by atoms with Crippen molar-refractivity contribution in [1.29, 1.82) is 0 Å². The summed E-state index contributed by atoms with van der Waals surface area (Å²) in [6, 6.07) is 3.95. The largest absolute Gasteiger partial charge is 0.472 e. The standard InChI is InChI=1S/C14H17N2O6P/c1-7-3-9-10(4-8(7)2)16(6-15-9)14-12(17)13-11(21-14)5-20-23(18,19)22-13/h3-4,6,11-14,17H,5H2,1-2H3,(H,18,19)/t11-,12?,13+,14-/m1/s1. The zero-order valence-electron chi connectivity index (χ0n) is 12.6. The second-order valence-corrected chi connectivity index (χ2v) is 7.37. The molecule has 5 atom stereocenters. The highest BCUT2D eigenvalue weighted by molar-refractivity contribution is 7.47. The highest BCUT2D eigenvalue weighted by Gasteiger charge is 2.52. The van der Waals surface area contributed by atoms with Crippen molar-refractivity contribution >= 4 is 18.9 Å². The molecule has 3 heterocycles. The van der Waals surface area contributed by atoms with E-state index in [9.17, 15) is 14.6 Å². The summed E-state index contributed by atoms with van der Waals surface area (Å²) < 4.78 is 28.8. The number of hydrogen-bond donors (Lipinski definition) is 2. The summed E-state index contributed by atoms with van der Waals surface area (Å²) >= 11 is 0. The predicted molar refractivity (Wildman–Crippen MR) is 79.8 cm³/mol. The molecular weight excluding hydrogens is 323 g/mol. The molecule has 0 spiro atoms. The zero-order chi connectivity index (χ0) is 16.4. The maximum atomic E-state index is 11.5. The molecule has 4 rings (SSSR count). The molecule has 8 nitrogen and oxygen atoms in total. The lowest BCUT2D eigenvalue weighted by atomic mass is 10.1. The molecule has 23 heavy (non-hydrogen) atoms. The fraction of sp³-hybridized carbons (Fsp3) is 0.500. The Morgan fingerprint density at radius 2 is 2.09 bits per heavy atom. The fourth-order valence-corrected chi connectivity index (χ4v) is 4.02. The van der Waals surface area contributed by atoms with Crippen LogP contribution in [0.15, 0.2) is 18.5 Å². The number of hydrogen-bond acceptors (Lipinski definition) is 6. The van der Waals surface area contributed by atoms with Crippen LogP contribution in [0.4, 0.5) is 0 Å². The number of phosphoric acid groups is 1. The summed E-state index contributed by atoms with van der Waals surface area (Å²) in [5.41, 5.74) is 3.85. The van der Waals surface area contributed by atoms with Crippen LogP contribution in [0.3, 0.4) is 0 Å². The fourth-order valence-electron chi connectivity index (χ4n) is 3.05. The molecule has 124 valence electrons. The lowest BCUT2D eigenvalue weighted by Crippen LogP contribution is -2.39. The van der Waals surface area contributed by atoms with Crippen molar-refractivity contribution in [1.82, 2.24) is 9.55 Å². The first-order valence-corrected chi connectivity index (χ1v) is 8.78. The van der Waals surface area contributed by atoms with Crippen LogP contribution in [-0.4, -0.2) is 44.5 Å². The number of rotatable bonds is 1. The van der Waals surface area contributed by atoms with E-state index in [0.717, 1.165) is 22.2 Å². The Morgan fingerprint density at radius 3 is 2.87 bits per heavy atom. The molecule has 1 aromatic heterocycles. The van der Waals surface area contributed by atoms with Crippen molar-refractivity contribution in [2.24, 2.45) is 0 Å². The number of imidazole rings is 1. The van der Waals surface area contributed by atoms with E-state index >= 15 is 0 Å². The van der Waals surface area contributed by atoms with Crippen LogP contribution < -0.4 is 0 Å². The molecule has 2 aliphatic rings. The second kappa shape index (κ2) is 5.11. The van der Waals surface area contributed by atoms with Crippen LogP contribution in [-0.2, 0) is 18.3 Å². The van der Waals surface area contributed by atoms with E-state index in [0.29, 0.717) is 0 Å². The summed E-state index contributed by atoms with van der Waals surface area (Å²) in [7, 11) is -4.12. The van der Waals surface area contributed by atoms with Crippen molar-refractivity contribution in [3.05, 3.63) is 29.6 Å². The molecule has 2 unspecified atom stereocenters. The Hall–Kier alpha value is -1.28. The number of nitrogens with zero attached hydrogens (tertiary/aromatic N) is 2. The van der Waals surface area contributed by atoms with Crippen molar-refractivity contribution in [2.75, 3.05) is 6.61 Å². The van der Waals surface area contributed by atoms with E-state index in [1.807, 2.05) is 26.0 Å². The van der Waals surface area contributed by atoms with E-state index in [2.05, 4.69) is 4.98 Å². The quantitative estimate of drug-likeness (QED) is 0.757. The average molecular weight is 340 g/mol. The van der Waals surface area contributed by atoms with Gasteiger partial charge in [-0.05, 0) is 37.1 Å². The summed E-state index contributed by atoms with van der Waals surface area (Å²) in [5.74, 6) is 0. The van der Waals surface area contributed by atoms with Gasteiger partial charge in [-0.2, -0.15) is 0 Å². The third-order valence-corrected chi connectivity index (χ3v) is 5.42. The van der Waals surface area contributed by atoms with E-state index in [1.165, 1.54) is 0 Å². The van der Waals surface area contributed by atoms with Crippen molar-refractivity contribution in [3.63, 3.8) is 0 Å².